The Bertz CT molecular complexity index is 736. The maximum atomic E-state index is 12.2. The lowest BCUT2D eigenvalue weighted by atomic mass is 10.2. The van der Waals surface area contributed by atoms with Crippen molar-refractivity contribution >= 4 is 17.3 Å². The molecule has 0 atom stereocenters. The number of benzene rings is 1. The number of nitrogens with zero attached hydrogens (tertiary/aromatic N) is 3. The van der Waals surface area contributed by atoms with E-state index < -0.39 is 0 Å². The maximum Gasteiger partial charge on any atom is 0.252 e. The summed E-state index contributed by atoms with van der Waals surface area (Å²) in [5.41, 5.74) is 2.55. The lowest BCUT2D eigenvalue weighted by molar-refractivity contribution is 0.0952. The second-order valence-corrected chi connectivity index (χ2v) is 5.69. The van der Waals surface area contributed by atoms with E-state index >= 15 is 0 Å². The summed E-state index contributed by atoms with van der Waals surface area (Å²) in [6, 6.07) is 11.0. The Kier molecular flexibility index (Phi) is 6.29. The van der Waals surface area contributed by atoms with Crippen LogP contribution >= 0.6 is 0 Å². The van der Waals surface area contributed by atoms with Crippen LogP contribution in [0.4, 0.5) is 11.4 Å². The molecule has 0 saturated heterocycles. The summed E-state index contributed by atoms with van der Waals surface area (Å²) < 4.78 is 0. The lowest BCUT2D eigenvalue weighted by Crippen LogP contribution is -2.27. The van der Waals surface area contributed by atoms with E-state index in [1.165, 1.54) is 6.20 Å². The van der Waals surface area contributed by atoms with E-state index in [0.717, 1.165) is 18.7 Å². The summed E-state index contributed by atoms with van der Waals surface area (Å²) in [4.78, 5) is 18.3. The van der Waals surface area contributed by atoms with Crippen LogP contribution in [0.3, 0.4) is 0 Å². The number of nitriles is 1. The number of carbonyl (C=O) groups excluding carboxylic acids is 1. The van der Waals surface area contributed by atoms with Gasteiger partial charge in [-0.15, -0.1) is 0 Å². The van der Waals surface area contributed by atoms with Gasteiger partial charge >= 0.3 is 0 Å². The van der Waals surface area contributed by atoms with Crippen molar-refractivity contribution in [2.45, 2.75) is 6.42 Å². The van der Waals surface area contributed by atoms with Crippen molar-refractivity contribution in [3.63, 3.8) is 0 Å². The number of anilines is 2. The zero-order chi connectivity index (χ0) is 17.4. The van der Waals surface area contributed by atoms with E-state index in [1.807, 2.05) is 20.2 Å². The van der Waals surface area contributed by atoms with Crippen LogP contribution in [-0.4, -0.2) is 43.0 Å². The van der Waals surface area contributed by atoms with Crippen LogP contribution in [-0.2, 0) is 0 Å². The van der Waals surface area contributed by atoms with Gasteiger partial charge < -0.3 is 15.5 Å². The predicted molar refractivity (Wildman–Crippen MR) is 94.2 cm³/mol. The Hall–Kier alpha value is -2.91. The van der Waals surface area contributed by atoms with Crippen LogP contribution in [0.25, 0.3) is 0 Å². The van der Waals surface area contributed by atoms with Gasteiger partial charge in [-0.2, -0.15) is 5.26 Å². The topological polar surface area (TPSA) is 81.1 Å². The molecule has 124 valence electrons. The highest BCUT2D eigenvalue weighted by atomic mass is 16.1. The van der Waals surface area contributed by atoms with E-state index in [0.29, 0.717) is 23.4 Å². The third-order valence-corrected chi connectivity index (χ3v) is 3.35. The SMILES string of the molecule is CN(C)CCCNC(=O)c1cncc(Nc2cccc(C#N)c2)c1. The molecular formula is C18H21N5O. The number of hydrogen-bond donors (Lipinski definition) is 2. The summed E-state index contributed by atoms with van der Waals surface area (Å²) >= 11 is 0. The first-order valence-electron chi connectivity index (χ1n) is 7.73. The molecule has 1 aromatic carbocycles. The molecule has 0 spiro atoms. The molecule has 1 amide bonds. The fourth-order valence-electron chi connectivity index (χ4n) is 2.16. The first-order chi connectivity index (χ1) is 11.6. The standard InChI is InChI=1S/C18H21N5O/c1-23(2)8-4-7-21-18(24)15-10-17(13-20-12-15)22-16-6-3-5-14(9-16)11-19/h3,5-6,9-10,12-13,22H,4,7-8H2,1-2H3,(H,21,24). The number of hydrogen-bond acceptors (Lipinski definition) is 5. The van der Waals surface area contributed by atoms with E-state index in [2.05, 4.69) is 26.6 Å². The van der Waals surface area contributed by atoms with Gasteiger partial charge in [0.15, 0.2) is 0 Å². The quantitative estimate of drug-likeness (QED) is 0.765. The fraction of sp³-hybridized carbons (Fsp3) is 0.278. The monoisotopic (exact) mass is 323 g/mol. The minimum Gasteiger partial charge on any atom is -0.354 e. The summed E-state index contributed by atoms with van der Waals surface area (Å²) in [7, 11) is 4.00. The van der Waals surface area contributed by atoms with Crippen LogP contribution < -0.4 is 10.6 Å². The van der Waals surface area contributed by atoms with Gasteiger partial charge in [0.25, 0.3) is 5.91 Å². The first-order valence-corrected chi connectivity index (χ1v) is 7.73. The molecule has 1 heterocycles. The minimum absolute atomic E-state index is 0.143. The fourth-order valence-corrected chi connectivity index (χ4v) is 2.16. The summed E-state index contributed by atoms with van der Waals surface area (Å²) in [5, 5.41) is 15.0. The molecule has 0 fully saturated rings. The number of aromatic nitrogens is 1. The van der Waals surface area contributed by atoms with Gasteiger partial charge in [-0.05, 0) is 51.3 Å². The van der Waals surface area contributed by atoms with Crippen LogP contribution in [0.5, 0.6) is 0 Å². The molecule has 0 aliphatic heterocycles. The number of pyridine rings is 1. The summed E-state index contributed by atoms with van der Waals surface area (Å²) in [5.74, 6) is -0.143. The van der Waals surface area contributed by atoms with Crippen molar-refractivity contribution in [1.29, 1.82) is 5.26 Å². The molecular weight excluding hydrogens is 302 g/mol. The molecule has 2 rings (SSSR count). The van der Waals surface area contributed by atoms with Gasteiger partial charge in [0.1, 0.15) is 0 Å². The molecule has 1 aromatic heterocycles. The van der Waals surface area contributed by atoms with Gasteiger partial charge in [0.05, 0.1) is 29.1 Å². The molecule has 0 radical (unpaired) electrons. The van der Waals surface area contributed by atoms with Gasteiger partial charge in [0.2, 0.25) is 0 Å². The third kappa shape index (κ3) is 5.38. The second-order valence-electron chi connectivity index (χ2n) is 5.69. The highest BCUT2D eigenvalue weighted by Crippen LogP contribution is 2.17. The molecule has 2 aromatic rings. The van der Waals surface area contributed by atoms with Crippen molar-refractivity contribution in [3.8, 4) is 6.07 Å². The van der Waals surface area contributed by atoms with E-state index in [1.54, 1.807) is 30.5 Å². The van der Waals surface area contributed by atoms with Gasteiger partial charge in [-0.1, -0.05) is 6.07 Å². The first kappa shape index (κ1) is 17.4. The highest BCUT2D eigenvalue weighted by molar-refractivity contribution is 5.94. The normalized spacial score (nSPS) is 10.2. The maximum absolute atomic E-state index is 12.2. The van der Waals surface area contributed by atoms with Crippen LogP contribution in [0.15, 0.2) is 42.7 Å². The molecule has 0 unspecified atom stereocenters. The largest absolute Gasteiger partial charge is 0.354 e. The van der Waals surface area contributed by atoms with E-state index in [9.17, 15) is 4.79 Å². The molecule has 0 aliphatic carbocycles. The molecule has 0 bridgehead atoms. The average Bonchev–Trinajstić information content (AvgIpc) is 2.58. The lowest BCUT2D eigenvalue weighted by Gasteiger charge is -2.11. The molecule has 24 heavy (non-hydrogen) atoms. The second kappa shape index (κ2) is 8.65. The third-order valence-electron chi connectivity index (χ3n) is 3.35. The zero-order valence-electron chi connectivity index (χ0n) is 13.9. The summed E-state index contributed by atoms with van der Waals surface area (Å²) in [6.45, 7) is 1.55. The molecule has 6 heteroatoms. The Balaban J connectivity index is 1.98. The van der Waals surface area contributed by atoms with Crippen molar-refractivity contribution in [1.82, 2.24) is 15.2 Å². The van der Waals surface area contributed by atoms with Gasteiger partial charge in [0, 0.05) is 18.4 Å². The molecule has 6 nitrogen and oxygen atoms in total. The van der Waals surface area contributed by atoms with Crippen LogP contribution in [0.2, 0.25) is 0 Å². The Morgan fingerprint density at radius 3 is 2.83 bits per heavy atom. The molecule has 0 aliphatic rings. The van der Waals surface area contributed by atoms with Crippen molar-refractivity contribution in [2.75, 3.05) is 32.5 Å². The number of amides is 1. The van der Waals surface area contributed by atoms with E-state index in [4.69, 9.17) is 5.26 Å². The Morgan fingerprint density at radius 2 is 2.08 bits per heavy atom. The zero-order valence-corrected chi connectivity index (χ0v) is 13.9. The smallest absolute Gasteiger partial charge is 0.252 e. The summed E-state index contributed by atoms with van der Waals surface area (Å²) in [6.07, 6.45) is 4.07. The highest BCUT2D eigenvalue weighted by Gasteiger charge is 2.07. The predicted octanol–water partition coefficient (Wildman–Crippen LogP) is 2.38. The minimum atomic E-state index is -0.143. The van der Waals surface area contributed by atoms with Crippen molar-refractivity contribution < 1.29 is 4.79 Å². The van der Waals surface area contributed by atoms with Crippen molar-refractivity contribution in [3.05, 3.63) is 53.9 Å². The number of rotatable bonds is 7. The van der Waals surface area contributed by atoms with Crippen molar-refractivity contribution in [2.24, 2.45) is 0 Å². The van der Waals surface area contributed by atoms with Gasteiger partial charge in [-0.3, -0.25) is 9.78 Å². The Morgan fingerprint density at radius 1 is 1.25 bits per heavy atom. The average molecular weight is 323 g/mol. The van der Waals surface area contributed by atoms with Gasteiger partial charge in [-0.25, -0.2) is 0 Å². The van der Waals surface area contributed by atoms with Crippen LogP contribution in [0.1, 0.15) is 22.3 Å². The Labute approximate surface area is 142 Å². The molecule has 2 N–H and O–H groups in total. The number of nitrogens with one attached hydrogen (secondary N) is 2. The number of carbonyl (C=O) groups is 1. The van der Waals surface area contributed by atoms with Crippen LogP contribution in [0, 0.1) is 11.3 Å². The van der Waals surface area contributed by atoms with E-state index in [-0.39, 0.29) is 5.91 Å². The molecule has 0 saturated carbocycles.